The minimum absolute atomic E-state index is 0.413. The van der Waals surface area contributed by atoms with Crippen molar-refractivity contribution in [1.82, 2.24) is 14.8 Å². The Morgan fingerprint density at radius 1 is 1.29 bits per heavy atom. The Hall–Kier alpha value is -1.53. The summed E-state index contributed by atoms with van der Waals surface area (Å²) in [5, 5.41) is 8.46. The minimum atomic E-state index is 0.413. The number of nitrogen functional groups attached to an aromatic ring is 1. The molecule has 2 N–H and O–H groups in total. The first-order chi connectivity index (χ1) is 8.27. The van der Waals surface area contributed by atoms with Crippen LogP contribution in [0.4, 0.5) is 5.95 Å². The molecule has 1 aromatic heterocycles. The number of aromatic nitrogens is 3. The van der Waals surface area contributed by atoms with Crippen molar-refractivity contribution in [3.8, 4) is 0 Å². The van der Waals surface area contributed by atoms with Crippen molar-refractivity contribution < 1.29 is 4.74 Å². The smallest absolute Gasteiger partial charge is 0.222 e. The second-order valence-corrected chi connectivity index (χ2v) is 4.39. The number of benzene rings is 1. The molecule has 0 aliphatic carbocycles. The van der Waals surface area contributed by atoms with Crippen LogP contribution in [0.15, 0.2) is 35.5 Å². The molecule has 0 aliphatic rings. The van der Waals surface area contributed by atoms with Gasteiger partial charge in [0, 0.05) is 7.05 Å². The summed E-state index contributed by atoms with van der Waals surface area (Å²) in [6.07, 6.45) is 0. The molecule has 1 heterocycles. The predicted octanol–water partition coefficient (Wildman–Crippen LogP) is 1.66. The van der Waals surface area contributed by atoms with E-state index in [2.05, 4.69) is 10.2 Å². The van der Waals surface area contributed by atoms with E-state index in [0.29, 0.717) is 18.5 Å². The van der Waals surface area contributed by atoms with E-state index in [9.17, 15) is 0 Å². The molecule has 0 amide bonds. The highest BCUT2D eigenvalue weighted by Gasteiger charge is 2.05. The van der Waals surface area contributed by atoms with Crippen LogP contribution in [0.1, 0.15) is 5.56 Å². The Morgan fingerprint density at radius 3 is 2.71 bits per heavy atom. The van der Waals surface area contributed by atoms with Crippen LogP contribution in [-0.2, 0) is 18.4 Å². The third kappa shape index (κ3) is 3.21. The van der Waals surface area contributed by atoms with Crippen LogP contribution in [0.2, 0.25) is 0 Å². The zero-order chi connectivity index (χ0) is 12.1. The van der Waals surface area contributed by atoms with E-state index < -0.39 is 0 Å². The number of ether oxygens (including phenoxy) is 1. The van der Waals surface area contributed by atoms with Crippen molar-refractivity contribution in [1.29, 1.82) is 0 Å². The van der Waals surface area contributed by atoms with Gasteiger partial charge in [-0.3, -0.25) is 4.57 Å². The maximum absolute atomic E-state index is 5.57. The highest BCUT2D eigenvalue weighted by molar-refractivity contribution is 7.99. The van der Waals surface area contributed by atoms with E-state index >= 15 is 0 Å². The van der Waals surface area contributed by atoms with E-state index in [1.165, 1.54) is 11.8 Å². The number of hydrogen-bond acceptors (Lipinski definition) is 5. The van der Waals surface area contributed by atoms with Gasteiger partial charge in [-0.05, 0) is 5.56 Å². The quantitative estimate of drug-likeness (QED) is 0.496. The van der Waals surface area contributed by atoms with Crippen LogP contribution >= 0.6 is 11.8 Å². The van der Waals surface area contributed by atoms with Crippen molar-refractivity contribution in [2.24, 2.45) is 7.05 Å². The molecule has 0 saturated heterocycles. The summed E-state index contributed by atoms with van der Waals surface area (Å²) in [4.78, 5) is 0. The van der Waals surface area contributed by atoms with Gasteiger partial charge in [0.25, 0.3) is 0 Å². The number of anilines is 1. The lowest BCUT2D eigenvalue weighted by Gasteiger charge is -2.03. The van der Waals surface area contributed by atoms with Crippen molar-refractivity contribution in [3.05, 3.63) is 35.9 Å². The summed E-state index contributed by atoms with van der Waals surface area (Å²) in [5.41, 5.74) is 6.73. The molecule has 6 heteroatoms. The molecule has 0 saturated carbocycles. The SMILES string of the molecule is Cn1c(N)nnc1SCOCc1ccccc1. The van der Waals surface area contributed by atoms with Crippen LogP contribution in [-0.4, -0.2) is 20.7 Å². The Kier molecular flexibility index (Phi) is 4.00. The Labute approximate surface area is 104 Å². The zero-order valence-corrected chi connectivity index (χ0v) is 10.4. The minimum Gasteiger partial charge on any atom is -0.368 e. The molecule has 0 bridgehead atoms. The number of hydrogen-bond donors (Lipinski definition) is 1. The second-order valence-electron chi connectivity index (χ2n) is 3.50. The number of nitrogens with two attached hydrogens (primary N) is 1. The molecule has 0 spiro atoms. The number of thioether (sulfide) groups is 1. The molecular weight excluding hydrogens is 236 g/mol. The molecule has 1 aromatic carbocycles. The van der Waals surface area contributed by atoms with Gasteiger partial charge in [-0.25, -0.2) is 0 Å². The second kappa shape index (κ2) is 5.70. The first kappa shape index (κ1) is 11.9. The summed E-state index contributed by atoms with van der Waals surface area (Å²) >= 11 is 1.47. The Morgan fingerprint density at radius 2 is 2.06 bits per heavy atom. The van der Waals surface area contributed by atoms with Crippen LogP contribution in [0.5, 0.6) is 0 Å². The van der Waals surface area contributed by atoms with Gasteiger partial charge in [0.15, 0.2) is 5.16 Å². The van der Waals surface area contributed by atoms with Gasteiger partial charge < -0.3 is 10.5 Å². The third-order valence-corrected chi connectivity index (χ3v) is 3.15. The molecule has 0 radical (unpaired) electrons. The average molecular weight is 250 g/mol. The fourth-order valence-corrected chi connectivity index (χ4v) is 1.94. The number of nitrogens with zero attached hydrogens (tertiary/aromatic N) is 3. The van der Waals surface area contributed by atoms with E-state index in [-0.39, 0.29) is 0 Å². The van der Waals surface area contributed by atoms with Crippen molar-refractivity contribution in [2.45, 2.75) is 11.8 Å². The maximum Gasteiger partial charge on any atom is 0.222 e. The highest BCUT2D eigenvalue weighted by Crippen LogP contribution is 2.16. The maximum atomic E-state index is 5.57. The average Bonchev–Trinajstić information content (AvgIpc) is 2.67. The van der Waals surface area contributed by atoms with E-state index in [1.54, 1.807) is 4.57 Å². The molecule has 0 atom stereocenters. The zero-order valence-electron chi connectivity index (χ0n) is 9.54. The van der Waals surface area contributed by atoms with Crippen LogP contribution in [0.25, 0.3) is 0 Å². The highest BCUT2D eigenvalue weighted by atomic mass is 32.2. The third-order valence-electron chi connectivity index (χ3n) is 2.25. The molecule has 2 aromatic rings. The normalized spacial score (nSPS) is 10.6. The van der Waals surface area contributed by atoms with Gasteiger partial charge in [-0.15, -0.1) is 10.2 Å². The standard InChI is InChI=1S/C11H14N4OS/c1-15-10(12)13-14-11(15)17-8-16-7-9-5-3-2-4-6-9/h2-6H,7-8H2,1H3,(H2,12,13). The van der Waals surface area contributed by atoms with E-state index in [4.69, 9.17) is 10.5 Å². The lowest BCUT2D eigenvalue weighted by Crippen LogP contribution is -1.99. The Balaban J connectivity index is 1.75. The summed E-state index contributed by atoms with van der Waals surface area (Å²) in [7, 11) is 1.83. The molecule has 2 rings (SSSR count). The summed E-state index contributed by atoms with van der Waals surface area (Å²) in [6.45, 7) is 0.598. The summed E-state index contributed by atoms with van der Waals surface area (Å²) in [6, 6.07) is 10.0. The van der Waals surface area contributed by atoms with Gasteiger partial charge in [0.2, 0.25) is 5.95 Å². The predicted molar refractivity (Wildman–Crippen MR) is 67.4 cm³/mol. The topological polar surface area (TPSA) is 66.0 Å². The lowest BCUT2D eigenvalue weighted by molar-refractivity contribution is 0.169. The molecule has 17 heavy (non-hydrogen) atoms. The first-order valence-electron chi connectivity index (χ1n) is 5.16. The molecule has 90 valence electrons. The molecular formula is C11H14N4OS. The monoisotopic (exact) mass is 250 g/mol. The van der Waals surface area contributed by atoms with Crippen molar-refractivity contribution in [2.75, 3.05) is 11.7 Å². The summed E-state index contributed by atoms with van der Waals surface area (Å²) < 4.78 is 7.26. The lowest BCUT2D eigenvalue weighted by atomic mass is 10.2. The molecule has 0 aliphatic heterocycles. The van der Waals surface area contributed by atoms with Gasteiger partial charge in [0.1, 0.15) is 5.94 Å². The van der Waals surface area contributed by atoms with Gasteiger partial charge >= 0.3 is 0 Å². The molecule has 0 fully saturated rings. The first-order valence-corrected chi connectivity index (χ1v) is 6.15. The van der Waals surface area contributed by atoms with Gasteiger partial charge in [-0.2, -0.15) is 0 Å². The van der Waals surface area contributed by atoms with Crippen LogP contribution in [0.3, 0.4) is 0 Å². The fourth-order valence-electron chi connectivity index (χ4n) is 1.28. The van der Waals surface area contributed by atoms with Gasteiger partial charge in [0.05, 0.1) is 6.61 Å². The molecule has 5 nitrogen and oxygen atoms in total. The molecule has 0 unspecified atom stereocenters. The van der Waals surface area contributed by atoms with E-state index in [1.807, 2.05) is 37.4 Å². The van der Waals surface area contributed by atoms with Crippen LogP contribution < -0.4 is 5.73 Å². The Bertz CT molecular complexity index is 472. The largest absolute Gasteiger partial charge is 0.368 e. The van der Waals surface area contributed by atoms with E-state index in [0.717, 1.165) is 10.7 Å². The van der Waals surface area contributed by atoms with Gasteiger partial charge in [-0.1, -0.05) is 42.1 Å². The van der Waals surface area contributed by atoms with Crippen molar-refractivity contribution in [3.63, 3.8) is 0 Å². The summed E-state index contributed by atoms with van der Waals surface area (Å²) in [5.74, 6) is 0.941. The van der Waals surface area contributed by atoms with Crippen molar-refractivity contribution >= 4 is 17.7 Å². The van der Waals surface area contributed by atoms with Crippen LogP contribution in [0, 0.1) is 0 Å². The number of rotatable bonds is 5. The fraction of sp³-hybridized carbons (Fsp3) is 0.273.